The average Bonchev–Trinajstić information content (AvgIpc) is 2.79. The van der Waals surface area contributed by atoms with Crippen LogP contribution in [0.5, 0.6) is 5.75 Å². The maximum atomic E-state index is 14.1. The number of halogens is 2. The summed E-state index contributed by atoms with van der Waals surface area (Å²) in [7, 11) is -3.61. The van der Waals surface area contributed by atoms with Crippen LogP contribution in [0.2, 0.25) is 0 Å². The van der Waals surface area contributed by atoms with Crippen LogP contribution in [0.15, 0.2) is 48.5 Å². The van der Waals surface area contributed by atoms with E-state index in [0.29, 0.717) is 0 Å². The van der Waals surface area contributed by atoms with Crippen LogP contribution in [-0.2, 0) is 14.6 Å². The van der Waals surface area contributed by atoms with Gasteiger partial charge in [0.15, 0.2) is 28.0 Å². The normalized spacial score (nSPS) is 19.3. The minimum atomic E-state index is -3.61. The highest BCUT2D eigenvalue weighted by atomic mass is 32.2. The number of ether oxygens (including phenoxy) is 1. The second-order valence-electron chi connectivity index (χ2n) is 6.27. The molecule has 144 valence electrons. The molecule has 1 heterocycles. The summed E-state index contributed by atoms with van der Waals surface area (Å²) in [6.07, 6.45) is 0.0920. The Morgan fingerprint density at radius 1 is 1.04 bits per heavy atom. The number of para-hydroxylation sites is 1. The molecule has 27 heavy (non-hydrogen) atoms. The first kappa shape index (κ1) is 19.3. The van der Waals surface area contributed by atoms with Crippen molar-refractivity contribution in [2.45, 2.75) is 11.7 Å². The third kappa shape index (κ3) is 4.44. The lowest BCUT2D eigenvalue weighted by molar-refractivity contribution is -0.133. The Morgan fingerprint density at radius 3 is 2.41 bits per heavy atom. The predicted molar refractivity (Wildman–Crippen MR) is 96.0 cm³/mol. The van der Waals surface area contributed by atoms with Gasteiger partial charge in [0.2, 0.25) is 0 Å². The third-order valence-electron chi connectivity index (χ3n) is 4.53. The molecule has 0 spiro atoms. The van der Waals surface area contributed by atoms with Crippen LogP contribution in [0.4, 0.5) is 8.78 Å². The molecule has 1 aliphatic heterocycles. The summed E-state index contributed by atoms with van der Waals surface area (Å²) in [5, 5.41) is -0.996. The summed E-state index contributed by atoms with van der Waals surface area (Å²) >= 11 is 0. The maximum Gasteiger partial charge on any atom is 0.260 e. The molecule has 0 aromatic heterocycles. The molecule has 2 aromatic rings. The molecule has 0 aliphatic carbocycles. The molecule has 1 aliphatic rings. The average molecular weight is 395 g/mol. The van der Waals surface area contributed by atoms with E-state index in [1.54, 1.807) is 12.1 Å². The molecule has 0 saturated carbocycles. The van der Waals surface area contributed by atoms with Gasteiger partial charge in [-0.25, -0.2) is 17.2 Å². The lowest BCUT2D eigenvalue weighted by Crippen LogP contribution is -2.37. The van der Waals surface area contributed by atoms with E-state index in [-0.39, 0.29) is 36.6 Å². The van der Waals surface area contributed by atoms with E-state index < -0.39 is 39.2 Å². The zero-order chi connectivity index (χ0) is 19.4. The van der Waals surface area contributed by atoms with E-state index in [1.807, 2.05) is 0 Å². The molecule has 1 fully saturated rings. The Morgan fingerprint density at radius 2 is 1.70 bits per heavy atom. The Bertz CT molecular complexity index is 933. The van der Waals surface area contributed by atoms with E-state index in [4.69, 9.17) is 4.74 Å². The Labute approximate surface area is 156 Å². The number of hydrogen-bond donors (Lipinski definition) is 0. The molecule has 3 rings (SSSR count). The van der Waals surface area contributed by atoms with Gasteiger partial charge in [-0.15, -0.1) is 0 Å². The van der Waals surface area contributed by atoms with Gasteiger partial charge in [0.25, 0.3) is 5.91 Å². The van der Waals surface area contributed by atoms with Crippen molar-refractivity contribution in [3.05, 3.63) is 65.7 Å². The smallest absolute Gasteiger partial charge is 0.260 e. The van der Waals surface area contributed by atoms with E-state index >= 15 is 0 Å². The Hall–Kier alpha value is -2.48. The monoisotopic (exact) mass is 395 g/mol. The standard InChI is InChI=1S/C19H19F2NO4S/c20-15-6-2-1-5-14(15)18-9-10-22(11-12-27(18,24)25)19(23)13-26-17-8-4-3-7-16(17)21/h1-8,18H,9-13H2. The molecule has 1 saturated heterocycles. The first-order chi connectivity index (χ1) is 12.9. The van der Waals surface area contributed by atoms with Gasteiger partial charge in [-0.1, -0.05) is 30.3 Å². The molecular weight excluding hydrogens is 376 g/mol. The van der Waals surface area contributed by atoms with Crippen LogP contribution >= 0.6 is 0 Å². The fourth-order valence-electron chi connectivity index (χ4n) is 3.07. The van der Waals surface area contributed by atoms with Crippen molar-refractivity contribution >= 4 is 15.7 Å². The molecular formula is C19H19F2NO4S. The Balaban J connectivity index is 1.69. The van der Waals surface area contributed by atoms with Crippen LogP contribution in [-0.4, -0.2) is 44.7 Å². The van der Waals surface area contributed by atoms with Crippen molar-refractivity contribution in [2.24, 2.45) is 0 Å². The summed E-state index contributed by atoms with van der Waals surface area (Å²) in [4.78, 5) is 13.7. The summed E-state index contributed by atoms with van der Waals surface area (Å²) in [5.74, 6) is -1.91. The van der Waals surface area contributed by atoms with Crippen LogP contribution in [0.1, 0.15) is 17.2 Å². The van der Waals surface area contributed by atoms with E-state index in [9.17, 15) is 22.0 Å². The van der Waals surface area contributed by atoms with Crippen LogP contribution in [0.3, 0.4) is 0 Å². The van der Waals surface area contributed by atoms with Gasteiger partial charge >= 0.3 is 0 Å². The third-order valence-corrected chi connectivity index (χ3v) is 6.64. The van der Waals surface area contributed by atoms with E-state index in [1.165, 1.54) is 41.3 Å². The van der Waals surface area contributed by atoms with E-state index in [2.05, 4.69) is 0 Å². The number of sulfone groups is 1. The quantitative estimate of drug-likeness (QED) is 0.799. The van der Waals surface area contributed by atoms with Gasteiger partial charge in [-0.3, -0.25) is 4.79 Å². The van der Waals surface area contributed by atoms with Crippen LogP contribution in [0.25, 0.3) is 0 Å². The second kappa shape index (κ2) is 8.04. The topological polar surface area (TPSA) is 63.7 Å². The summed E-state index contributed by atoms with van der Waals surface area (Å²) in [6.45, 7) is -0.254. The van der Waals surface area contributed by atoms with Crippen molar-refractivity contribution in [3.63, 3.8) is 0 Å². The fourth-order valence-corrected chi connectivity index (χ4v) is 4.87. The van der Waals surface area contributed by atoms with Crippen LogP contribution < -0.4 is 4.74 Å². The zero-order valence-electron chi connectivity index (χ0n) is 14.5. The molecule has 0 radical (unpaired) electrons. The number of amides is 1. The van der Waals surface area contributed by atoms with Gasteiger partial charge < -0.3 is 9.64 Å². The van der Waals surface area contributed by atoms with Crippen molar-refractivity contribution in [1.29, 1.82) is 0 Å². The van der Waals surface area contributed by atoms with Gasteiger partial charge in [0.1, 0.15) is 5.82 Å². The van der Waals surface area contributed by atoms with Crippen LogP contribution in [0, 0.1) is 11.6 Å². The second-order valence-corrected chi connectivity index (χ2v) is 8.57. The molecule has 5 nitrogen and oxygen atoms in total. The molecule has 1 unspecified atom stereocenters. The van der Waals surface area contributed by atoms with Crippen molar-refractivity contribution in [3.8, 4) is 5.75 Å². The first-order valence-electron chi connectivity index (χ1n) is 8.49. The minimum Gasteiger partial charge on any atom is -0.481 e. The lowest BCUT2D eigenvalue weighted by Gasteiger charge is -2.20. The van der Waals surface area contributed by atoms with Gasteiger partial charge in [-0.2, -0.15) is 0 Å². The van der Waals surface area contributed by atoms with Gasteiger partial charge in [0.05, 0.1) is 11.0 Å². The number of hydrogen-bond acceptors (Lipinski definition) is 4. The summed E-state index contributed by atoms with van der Waals surface area (Å²) < 4.78 is 57.9. The number of benzene rings is 2. The summed E-state index contributed by atoms with van der Waals surface area (Å²) in [5.41, 5.74) is 0.120. The molecule has 8 heteroatoms. The zero-order valence-corrected chi connectivity index (χ0v) is 15.3. The Kier molecular flexibility index (Phi) is 5.74. The fraction of sp³-hybridized carbons (Fsp3) is 0.316. The van der Waals surface area contributed by atoms with Crippen molar-refractivity contribution in [2.75, 3.05) is 25.4 Å². The van der Waals surface area contributed by atoms with E-state index in [0.717, 1.165) is 0 Å². The highest BCUT2D eigenvalue weighted by Gasteiger charge is 2.34. The maximum absolute atomic E-state index is 14.1. The number of nitrogens with zero attached hydrogens (tertiary/aromatic N) is 1. The number of carbonyl (C=O) groups excluding carboxylic acids is 1. The molecule has 1 atom stereocenters. The highest BCUT2D eigenvalue weighted by molar-refractivity contribution is 7.91. The largest absolute Gasteiger partial charge is 0.481 e. The molecule has 1 amide bonds. The lowest BCUT2D eigenvalue weighted by atomic mass is 10.1. The van der Waals surface area contributed by atoms with Gasteiger partial charge in [0, 0.05) is 18.7 Å². The highest BCUT2D eigenvalue weighted by Crippen LogP contribution is 2.31. The predicted octanol–water partition coefficient (Wildman–Crippen LogP) is 2.73. The molecule has 2 aromatic carbocycles. The number of rotatable bonds is 4. The van der Waals surface area contributed by atoms with Crippen molar-refractivity contribution in [1.82, 2.24) is 4.90 Å². The molecule has 0 bridgehead atoms. The first-order valence-corrected chi connectivity index (χ1v) is 10.2. The SMILES string of the molecule is O=C(COc1ccccc1F)N1CCC(c2ccccc2F)S(=O)(=O)CC1. The molecule has 0 N–H and O–H groups in total. The summed E-state index contributed by atoms with van der Waals surface area (Å²) in [6, 6.07) is 11.5. The van der Waals surface area contributed by atoms with Gasteiger partial charge in [-0.05, 0) is 24.6 Å². The number of carbonyl (C=O) groups is 1. The minimum absolute atomic E-state index is 0.00719. The van der Waals surface area contributed by atoms with Crippen molar-refractivity contribution < 1.29 is 26.7 Å².